The van der Waals surface area contributed by atoms with Crippen molar-refractivity contribution in [2.75, 3.05) is 27.2 Å². The molecule has 28 heavy (non-hydrogen) atoms. The Morgan fingerprint density at radius 1 is 1.25 bits per heavy atom. The second-order valence-corrected chi connectivity index (χ2v) is 6.39. The number of aliphatic imine (C=N–C) groups is 1. The zero-order chi connectivity index (χ0) is 19.6. The topological polar surface area (TPSA) is 80.9 Å². The molecule has 0 aliphatic heterocycles. The first kappa shape index (κ1) is 24.1. The lowest BCUT2D eigenvalue weighted by atomic mass is 10.1. The van der Waals surface area contributed by atoms with Gasteiger partial charge in [0.1, 0.15) is 23.4 Å². The maximum Gasteiger partial charge on any atom is 0.191 e. The van der Waals surface area contributed by atoms with E-state index >= 15 is 0 Å². The van der Waals surface area contributed by atoms with Gasteiger partial charge >= 0.3 is 0 Å². The van der Waals surface area contributed by atoms with Gasteiger partial charge in [-0.3, -0.25) is 4.99 Å². The first-order valence-corrected chi connectivity index (χ1v) is 9.20. The van der Waals surface area contributed by atoms with Crippen molar-refractivity contribution in [1.29, 1.82) is 0 Å². The van der Waals surface area contributed by atoms with Crippen molar-refractivity contribution in [2.45, 2.75) is 39.7 Å². The molecule has 156 valence electrons. The molecule has 2 aromatic rings. The summed E-state index contributed by atoms with van der Waals surface area (Å²) < 4.78 is 16.3. The number of hydrogen-bond donors (Lipinski definition) is 2. The minimum absolute atomic E-state index is 0. The molecule has 0 saturated carbocycles. The summed E-state index contributed by atoms with van der Waals surface area (Å²) in [6, 6.07) is 7.59. The number of methoxy groups -OCH3 is 1. The quantitative estimate of drug-likeness (QED) is 0.237. The molecule has 2 N–H and O–H groups in total. The summed E-state index contributed by atoms with van der Waals surface area (Å²) in [4.78, 5) is 4.25. The second kappa shape index (κ2) is 12.5. The largest absolute Gasteiger partial charge is 0.497 e. The molecule has 0 saturated heterocycles. The van der Waals surface area contributed by atoms with Crippen LogP contribution in [0.15, 0.2) is 33.8 Å². The zero-order valence-electron chi connectivity index (χ0n) is 17.2. The molecular weight excluding hydrogens is 471 g/mol. The Kier molecular flexibility index (Phi) is 10.7. The summed E-state index contributed by atoms with van der Waals surface area (Å²) in [5.41, 5.74) is 2.17. The predicted octanol–water partition coefficient (Wildman–Crippen LogP) is 3.48. The van der Waals surface area contributed by atoms with Crippen LogP contribution in [0, 0.1) is 13.8 Å². The Bertz CT molecular complexity index is 729. The molecule has 1 heterocycles. The van der Waals surface area contributed by atoms with E-state index in [1.54, 1.807) is 14.2 Å². The molecular formula is C20H31IN4O3. The van der Waals surface area contributed by atoms with Crippen LogP contribution in [0.2, 0.25) is 0 Å². The number of hydrogen-bond acceptors (Lipinski definition) is 5. The van der Waals surface area contributed by atoms with Crippen molar-refractivity contribution in [3.05, 3.63) is 41.3 Å². The molecule has 0 aliphatic rings. The van der Waals surface area contributed by atoms with Gasteiger partial charge in [-0.25, -0.2) is 0 Å². The van der Waals surface area contributed by atoms with Crippen LogP contribution in [0.4, 0.5) is 0 Å². The number of aromatic nitrogens is 1. The van der Waals surface area contributed by atoms with E-state index in [2.05, 4.69) is 20.8 Å². The molecule has 0 aliphatic carbocycles. The van der Waals surface area contributed by atoms with Crippen molar-refractivity contribution in [1.82, 2.24) is 15.8 Å². The number of rotatable bonds is 9. The van der Waals surface area contributed by atoms with E-state index in [0.717, 1.165) is 48.3 Å². The molecule has 8 heteroatoms. The summed E-state index contributed by atoms with van der Waals surface area (Å²) in [6.45, 7) is 7.39. The van der Waals surface area contributed by atoms with E-state index < -0.39 is 0 Å². The Morgan fingerprint density at radius 3 is 2.64 bits per heavy atom. The molecule has 7 nitrogen and oxygen atoms in total. The third-order valence-electron chi connectivity index (χ3n) is 4.24. The van der Waals surface area contributed by atoms with Gasteiger partial charge in [-0.2, -0.15) is 0 Å². The van der Waals surface area contributed by atoms with E-state index in [1.807, 2.05) is 45.0 Å². The molecule has 1 unspecified atom stereocenters. The van der Waals surface area contributed by atoms with Crippen LogP contribution in [0.1, 0.15) is 30.4 Å². The number of halogens is 1. The highest BCUT2D eigenvalue weighted by atomic mass is 127. The SMILES string of the molecule is CN=C(NCCCc1c(C)noc1C)NCC(C)Oc1cccc(OC)c1.I. The van der Waals surface area contributed by atoms with Crippen molar-refractivity contribution < 1.29 is 14.0 Å². The minimum Gasteiger partial charge on any atom is -0.497 e. The van der Waals surface area contributed by atoms with Crippen molar-refractivity contribution in [2.24, 2.45) is 4.99 Å². The number of ether oxygens (including phenoxy) is 2. The molecule has 1 aromatic carbocycles. The van der Waals surface area contributed by atoms with Crippen LogP contribution in [0.3, 0.4) is 0 Å². The molecule has 0 spiro atoms. The summed E-state index contributed by atoms with van der Waals surface area (Å²) >= 11 is 0. The van der Waals surface area contributed by atoms with Gasteiger partial charge in [0, 0.05) is 25.2 Å². The number of nitrogens with zero attached hydrogens (tertiary/aromatic N) is 2. The van der Waals surface area contributed by atoms with Gasteiger partial charge in [0.25, 0.3) is 0 Å². The number of nitrogens with one attached hydrogen (secondary N) is 2. The zero-order valence-corrected chi connectivity index (χ0v) is 19.6. The maximum atomic E-state index is 5.91. The smallest absolute Gasteiger partial charge is 0.191 e. The average molecular weight is 502 g/mol. The standard InChI is InChI=1S/C20H30N4O3.HI/c1-14(26-18-9-6-8-17(12-18)25-5)13-23-20(21-4)22-11-7-10-19-15(2)24-27-16(19)3;/h6,8-9,12,14H,7,10-11,13H2,1-5H3,(H2,21,22,23);1H. The van der Waals surface area contributed by atoms with E-state index in [4.69, 9.17) is 14.0 Å². The third kappa shape index (κ3) is 7.57. The van der Waals surface area contributed by atoms with E-state index in [-0.39, 0.29) is 30.1 Å². The highest BCUT2D eigenvalue weighted by molar-refractivity contribution is 14.0. The molecule has 0 fully saturated rings. The van der Waals surface area contributed by atoms with Gasteiger partial charge in [-0.1, -0.05) is 11.2 Å². The summed E-state index contributed by atoms with van der Waals surface area (Å²) in [7, 11) is 3.41. The summed E-state index contributed by atoms with van der Waals surface area (Å²) in [6.07, 6.45) is 1.89. The predicted molar refractivity (Wildman–Crippen MR) is 122 cm³/mol. The fourth-order valence-corrected chi connectivity index (χ4v) is 2.74. The van der Waals surface area contributed by atoms with Gasteiger partial charge in [0.05, 0.1) is 19.3 Å². The highest BCUT2D eigenvalue weighted by Crippen LogP contribution is 2.19. The lowest BCUT2D eigenvalue weighted by molar-refractivity contribution is 0.223. The molecule has 2 rings (SSSR count). The second-order valence-electron chi connectivity index (χ2n) is 6.39. The van der Waals surface area contributed by atoms with E-state index in [0.29, 0.717) is 6.54 Å². The lowest BCUT2D eigenvalue weighted by Gasteiger charge is -2.18. The molecule has 0 bridgehead atoms. The number of aryl methyl sites for hydroxylation is 2. The third-order valence-corrected chi connectivity index (χ3v) is 4.24. The number of guanidine groups is 1. The molecule has 0 amide bonds. The Morgan fingerprint density at radius 2 is 2.00 bits per heavy atom. The summed E-state index contributed by atoms with van der Waals surface area (Å²) in [5, 5.41) is 10.6. The fourth-order valence-electron chi connectivity index (χ4n) is 2.74. The van der Waals surface area contributed by atoms with E-state index in [1.165, 1.54) is 5.56 Å². The Balaban J connectivity index is 0.00000392. The van der Waals surface area contributed by atoms with Crippen LogP contribution in [0.5, 0.6) is 11.5 Å². The van der Waals surface area contributed by atoms with Crippen LogP contribution >= 0.6 is 24.0 Å². The van der Waals surface area contributed by atoms with Crippen molar-refractivity contribution >= 4 is 29.9 Å². The van der Waals surface area contributed by atoms with Gasteiger partial charge in [0.15, 0.2) is 5.96 Å². The number of benzene rings is 1. The van der Waals surface area contributed by atoms with Crippen LogP contribution in [0.25, 0.3) is 0 Å². The van der Waals surface area contributed by atoms with Crippen molar-refractivity contribution in [3.63, 3.8) is 0 Å². The molecule has 0 radical (unpaired) electrons. The first-order valence-electron chi connectivity index (χ1n) is 9.20. The van der Waals surface area contributed by atoms with Crippen molar-refractivity contribution in [3.8, 4) is 11.5 Å². The van der Waals surface area contributed by atoms with Gasteiger partial charge in [-0.15, -0.1) is 24.0 Å². The van der Waals surface area contributed by atoms with Gasteiger partial charge in [0.2, 0.25) is 0 Å². The minimum atomic E-state index is -0.0158. The summed E-state index contributed by atoms with van der Waals surface area (Å²) in [5.74, 6) is 3.22. The van der Waals surface area contributed by atoms with E-state index in [9.17, 15) is 0 Å². The lowest BCUT2D eigenvalue weighted by Crippen LogP contribution is -2.42. The van der Waals surface area contributed by atoms with Crippen LogP contribution in [-0.2, 0) is 6.42 Å². The first-order chi connectivity index (χ1) is 13.0. The average Bonchev–Trinajstić information content (AvgIpc) is 2.99. The Labute approximate surface area is 184 Å². The fraction of sp³-hybridized carbons (Fsp3) is 0.500. The maximum absolute atomic E-state index is 5.91. The Hall–Kier alpha value is -1.97. The van der Waals surface area contributed by atoms with Crippen LogP contribution < -0.4 is 20.1 Å². The highest BCUT2D eigenvalue weighted by Gasteiger charge is 2.09. The monoisotopic (exact) mass is 502 g/mol. The molecule has 1 aromatic heterocycles. The molecule has 1 atom stereocenters. The van der Waals surface area contributed by atoms with Gasteiger partial charge in [-0.05, 0) is 45.7 Å². The van der Waals surface area contributed by atoms with Crippen LogP contribution in [-0.4, -0.2) is 44.5 Å². The van der Waals surface area contributed by atoms with Gasteiger partial charge < -0.3 is 24.6 Å². The normalized spacial score (nSPS) is 12.1.